The summed E-state index contributed by atoms with van der Waals surface area (Å²) in [4.78, 5) is 63.9. The van der Waals surface area contributed by atoms with Gasteiger partial charge >= 0.3 is 17.9 Å². The van der Waals surface area contributed by atoms with Crippen molar-refractivity contribution in [2.45, 2.75) is 51.9 Å². The quantitative estimate of drug-likeness (QED) is 0.278. The maximum Gasteiger partial charge on any atom is 0.303 e. The molecule has 0 amide bonds. The van der Waals surface area contributed by atoms with E-state index in [-0.39, 0.29) is 18.4 Å². The van der Waals surface area contributed by atoms with Gasteiger partial charge in [-0.05, 0) is 10.7 Å². The summed E-state index contributed by atoms with van der Waals surface area (Å²) in [5, 5.41) is 8.58. The summed E-state index contributed by atoms with van der Waals surface area (Å²) in [7, 11) is 1.42. The Balaban J connectivity index is 1.95. The first-order valence-corrected chi connectivity index (χ1v) is 11.2. The first kappa shape index (κ1) is 27.3. The van der Waals surface area contributed by atoms with Crippen LogP contribution >= 0.6 is 0 Å². The van der Waals surface area contributed by atoms with Gasteiger partial charge in [0.1, 0.15) is 0 Å². The Kier molecular flexibility index (Phi) is 8.90. The molecule has 0 unspecified atom stereocenters. The van der Waals surface area contributed by atoms with Gasteiger partial charge in [-0.25, -0.2) is 0 Å². The summed E-state index contributed by atoms with van der Waals surface area (Å²) in [5.74, 6) is -2.30. The number of ether oxygens (including phenoxy) is 4. The number of esters is 3. The van der Waals surface area contributed by atoms with Gasteiger partial charge in [0.05, 0.1) is 6.61 Å². The van der Waals surface area contributed by atoms with Crippen molar-refractivity contribution in [3.63, 3.8) is 0 Å². The van der Waals surface area contributed by atoms with Crippen LogP contribution in [0.15, 0.2) is 40.3 Å². The molecule has 0 radical (unpaired) electrons. The van der Waals surface area contributed by atoms with Crippen LogP contribution in [0.1, 0.15) is 26.3 Å². The summed E-state index contributed by atoms with van der Waals surface area (Å²) >= 11 is 0. The Morgan fingerprint density at radius 3 is 2.27 bits per heavy atom. The number of carbonyl (C=O) groups is 3. The topological polar surface area (TPSA) is 177 Å². The number of nitrogens with zero attached hydrogens (tertiary/aromatic N) is 3. The van der Waals surface area contributed by atoms with Crippen molar-refractivity contribution in [2.75, 3.05) is 17.2 Å². The molecule has 0 spiro atoms. The standard InChI is InChI=1S/C23H27N5O9/c1-12(29)35-16-11-34-21(19(37-14(3)31)18(16)36-13(2)30)25-20-17(27-33)22(32)28(4)23(26-20)24-10-15-8-6-5-7-9-15/h5-9,16,18-19,21,25H,10-11H2,1-4H3,(H,24,26)/t16-,18+,19-,21-/m1/s1. The molecule has 1 saturated heterocycles. The van der Waals surface area contributed by atoms with Gasteiger partial charge in [0.2, 0.25) is 11.6 Å². The number of hydrogen-bond donors (Lipinski definition) is 2. The van der Waals surface area contributed by atoms with E-state index in [0.717, 1.165) is 30.9 Å². The number of nitrogens with one attached hydrogen (secondary N) is 2. The van der Waals surface area contributed by atoms with Gasteiger partial charge in [-0.15, -0.1) is 4.91 Å². The van der Waals surface area contributed by atoms with Crippen LogP contribution in [-0.4, -0.2) is 58.6 Å². The van der Waals surface area contributed by atoms with E-state index in [0.29, 0.717) is 6.54 Å². The van der Waals surface area contributed by atoms with Crippen molar-refractivity contribution in [3.05, 3.63) is 51.2 Å². The average Bonchev–Trinajstić information content (AvgIpc) is 2.84. The summed E-state index contributed by atoms with van der Waals surface area (Å²) in [6, 6.07) is 9.32. The van der Waals surface area contributed by atoms with Crippen molar-refractivity contribution in [2.24, 2.45) is 12.2 Å². The van der Waals surface area contributed by atoms with Gasteiger partial charge in [0, 0.05) is 34.4 Å². The molecule has 2 heterocycles. The van der Waals surface area contributed by atoms with Crippen LogP contribution in [0.3, 0.4) is 0 Å². The summed E-state index contributed by atoms with van der Waals surface area (Å²) in [6.07, 6.45) is -4.95. The van der Waals surface area contributed by atoms with Crippen LogP contribution < -0.4 is 16.2 Å². The first-order valence-electron chi connectivity index (χ1n) is 11.2. The molecule has 1 aliphatic heterocycles. The summed E-state index contributed by atoms with van der Waals surface area (Å²) in [6.45, 7) is 3.47. The van der Waals surface area contributed by atoms with Crippen LogP contribution in [-0.2, 0) is 46.9 Å². The summed E-state index contributed by atoms with van der Waals surface area (Å²) in [5.41, 5.74) is -0.392. The molecule has 0 saturated carbocycles. The van der Waals surface area contributed by atoms with Crippen molar-refractivity contribution in [1.29, 1.82) is 0 Å². The molecule has 1 aliphatic rings. The minimum atomic E-state index is -1.34. The van der Waals surface area contributed by atoms with Gasteiger partial charge in [-0.2, -0.15) is 4.98 Å². The molecule has 198 valence electrons. The molecule has 3 rings (SSSR count). The molecular weight excluding hydrogens is 490 g/mol. The van der Waals surface area contributed by atoms with E-state index in [1.54, 1.807) is 0 Å². The van der Waals surface area contributed by atoms with E-state index < -0.39 is 53.7 Å². The maximum absolute atomic E-state index is 12.8. The zero-order valence-corrected chi connectivity index (χ0v) is 20.6. The van der Waals surface area contributed by atoms with E-state index in [1.807, 2.05) is 30.3 Å². The minimum absolute atomic E-state index is 0.109. The molecule has 14 heteroatoms. The van der Waals surface area contributed by atoms with Crippen LogP contribution in [0.4, 0.5) is 17.5 Å². The Hall–Kier alpha value is -4.33. The average molecular weight is 517 g/mol. The number of aromatic nitrogens is 2. The van der Waals surface area contributed by atoms with Crippen LogP contribution in [0, 0.1) is 4.91 Å². The van der Waals surface area contributed by atoms with E-state index in [1.165, 1.54) is 7.05 Å². The monoisotopic (exact) mass is 517 g/mol. The lowest BCUT2D eigenvalue weighted by Gasteiger charge is -2.40. The molecule has 37 heavy (non-hydrogen) atoms. The van der Waals surface area contributed by atoms with E-state index in [4.69, 9.17) is 18.9 Å². The Bertz CT molecular complexity index is 1220. The zero-order chi connectivity index (χ0) is 27.1. The van der Waals surface area contributed by atoms with Crippen molar-refractivity contribution in [3.8, 4) is 0 Å². The van der Waals surface area contributed by atoms with Crippen molar-refractivity contribution in [1.82, 2.24) is 9.55 Å². The predicted molar refractivity (Wildman–Crippen MR) is 129 cm³/mol. The van der Waals surface area contributed by atoms with Gasteiger partial charge in [0.25, 0.3) is 5.56 Å². The lowest BCUT2D eigenvalue weighted by Crippen LogP contribution is -2.59. The van der Waals surface area contributed by atoms with E-state index >= 15 is 0 Å². The lowest BCUT2D eigenvalue weighted by molar-refractivity contribution is -0.221. The van der Waals surface area contributed by atoms with Gasteiger partial charge < -0.3 is 29.6 Å². The Morgan fingerprint density at radius 2 is 1.68 bits per heavy atom. The lowest BCUT2D eigenvalue weighted by atomic mass is 10.0. The fourth-order valence-electron chi connectivity index (χ4n) is 3.71. The third kappa shape index (κ3) is 6.88. The second-order valence-electron chi connectivity index (χ2n) is 8.12. The minimum Gasteiger partial charge on any atom is -0.456 e. The fraction of sp³-hybridized carbons (Fsp3) is 0.435. The predicted octanol–water partition coefficient (Wildman–Crippen LogP) is 1.35. The number of hydrogen-bond acceptors (Lipinski definition) is 13. The van der Waals surface area contributed by atoms with Gasteiger partial charge in [0.15, 0.2) is 30.4 Å². The first-order chi connectivity index (χ1) is 17.6. The number of rotatable bonds is 9. The highest BCUT2D eigenvalue weighted by atomic mass is 16.6. The molecule has 0 bridgehead atoms. The highest BCUT2D eigenvalue weighted by Crippen LogP contribution is 2.28. The zero-order valence-electron chi connectivity index (χ0n) is 20.6. The number of anilines is 2. The highest BCUT2D eigenvalue weighted by Gasteiger charge is 2.47. The molecule has 1 aromatic heterocycles. The molecule has 2 N–H and O–H groups in total. The number of carbonyl (C=O) groups excluding carboxylic acids is 3. The van der Waals surface area contributed by atoms with E-state index in [2.05, 4.69) is 20.8 Å². The summed E-state index contributed by atoms with van der Waals surface area (Å²) < 4.78 is 22.6. The Labute approximate surface area is 211 Å². The number of benzene rings is 1. The second kappa shape index (κ2) is 12.1. The molecule has 1 fully saturated rings. The molecule has 0 aliphatic carbocycles. The SMILES string of the molecule is CC(=O)O[C@@H]1[C@@H](OC(C)=O)[C@H](OC(C)=O)CO[C@H]1Nc1nc(NCc2ccccc2)n(C)c(=O)c1N=O. The smallest absolute Gasteiger partial charge is 0.303 e. The van der Waals surface area contributed by atoms with Gasteiger partial charge in [-0.1, -0.05) is 30.3 Å². The molecule has 4 atom stereocenters. The third-order valence-corrected chi connectivity index (χ3v) is 5.28. The van der Waals surface area contributed by atoms with Crippen LogP contribution in [0.25, 0.3) is 0 Å². The molecule has 14 nitrogen and oxygen atoms in total. The molecule has 1 aromatic carbocycles. The largest absolute Gasteiger partial charge is 0.456 e. The molecular formula is C23H27N5O9. The van der Waals surface area contributed by atoms with Crippen LogP contribution in [0.5, 0.6) is 0 Å². The highest BCUT2D eigenvalue weighted by molar-refractivity contribution is 5.69. The third-order valence-electron chi connectivity index (χ3n) is 5.28. The molecule has 2 aromatic rings. The maximum atomic E-state index is 12.8. The normalized spacial score (nSPS) is 20.9. The number of nitroso groups, excluding NO2 is 1. The van der Waals surface area contributed by atoms with Gasteiger partial charge in [-0.3, -0.25) is 23.7 Å². The fourth-order valence-corrected chi connectivity index (χ4v) is 3.71. The van der Waals surface area contributed by atoms with E-state index in [9.17, 15) is 24.1 Å². The van der Waals surface area contributed by atoms with Crippen molar-refractivity contribution < 1.29 is 33.3 Å². The van der Waals surface area contributed by atoms with Crippen LogP contribution in [0.2, 0.25) is 0 Å². The second-order valence-corrected chi connectivity index (χ2v) is 8.12. The Morgan fingerprint density at radius 1 is 1.05 bits per heavy atom. The van der Waals surface area contributed by atoms with Crippen molar-refractivity contribution >= 4 is 35.4 Å².